The maximum Gasteiger partial charge on any atom is 0.233 e. The first-order chi connectivity index (χ1) is 5.77. The molecule has 1 saturated heterocycles. The van der Waals surface area contributed by atoms with Crippen LogP contribution in [0.5, 0.6) is 0 Å². The number of aliphatic hydroxyl groups excluding tert-OH is 1. The zero-order chi connectivity index (χ0) is 8.97. The van der Waals surface area contributed by atoms with Crippen LogP contribution >= 0.6 is 0 Å². The molecule has 0 aliphatic carbocycles. The highest BCUT2D eigenvalue weighted by Crippen LogP contribution is 2.03. The Kier molecular flexibility index (Phi) is 3.12. The van der Waals surface area contributed by atoms with Crippen molar-refractivity contribution in [3.63, 3.8) is 0 Å². The van der Waals surface area contributed by atoms with E-state index in [1.165, 1.54) is 0 Å². The standard InChI is InChI=1S/C6H13N3O3/c7-6(8-11)9-1-2-12-5(3-9)4-10/h5,10-11H,1-4H2,(H2,7,8). The molecule has 0 radical (unpaired) electrons. The first-order valence-electron chi connectivity index (χ1n) is 3.73. The second kappa shape index (κ2) is 4.13. The minimum atomic E-state index is -0.237. The zero-order valence-corrected chi connectivity index (χ0v) is 6.68. The van der Waals surface area contributed by atoms with E-state index in [4.69, 9.17) is 20.8 Å². The second-order valence-electron chi connectivity index (χ2n) is 2.58. The quantitative estimate of drug-likeness (QED) is 0.193. The van der Waals surface area contributed by atoms with Crippen molar-refractivity contribution in [2.75, 3.05) is 26.3 Å². The molecular formula is C6H13N3O3. The summed E-state index contributed by atoms with van der Waals surface area (Å²) >= 11 is 0. The van der Waals surface area contributed by atoms with Gasteiger partial charge in [-0.05, 0) is 0 Å². The number of nitrogens with zero attached hydrogens (tertiary/aromatic N) is 2. The van der Waals surface area contributed by atoms with Crippen molar-refractivity contribution >= 4 is 5.96 Å². The number of aliphatic hydroxyl groups is 1. The third-order valence-corrected chi connectivity index (χ3v) is 1.77. The summed E-state index contributed by atoms with van der Waals surface area (Å²) in [5, 5.41) is 20.0. The van der Waals surface area contributed by atoms with Gasteiger partial charge in [-0.3, -0.25) is 0 Å². The lowest BCUT2D eigenvalue weighted by molar-refractivity contribution is -0.0349. The Morgan fingerprint density at radius 3 is 3.08 bits per heavy atom. The van der Waals surface area contributed by atoms with Gasteiger partial charge in [0.25, 0.3) is 0 Å². The van der Waals surface area contributed by atoms with Crippen LogP contribution in [0.15, 0.2) is 5.16 Å². The van der Waals surface area contributed by atoms with E-state index in [9.17, 15) is 0 Å². The summed E-state index contributed by atoms with van der Waals surface area (Å²) in [7, 11) is 0. The number of hydrogen-bond acceptors (Lipinski definition) is 4. The number of oxime groups is 1. The van der Waals surface area contributed by atoms with Crippen molar-refractivity contribution in [1.82, 2.24) is 4.90 Å². The normalized spacial score (nSPS) is 25.9. The number of rotatable bonds is 1. The van der Waals surface area contributed by atoms with Crippen molar-refractivity contribution in [3.05, 3.63) is 0 Å². The second-order valence-corrected chi connectivity index (χ2v) is 2.58. The zero-order valence-electron chi connectivity index (χ0n) is 6.68. The van der Waals surface area contributed by atoms with E-state index in [-0.39, 0.29) is 18.7 Å². The molecule has 0 saturated carbocycles. The number of morpholine rings is 1. The molecule has 0 amide bonds. The average molecular weight is 175 g/mol. The van der Waals surface area contributed by atoms with E-state index in [2.05, 4.69) is 5.16 Å². The smallest absolute Gasteiger partial charge is 0.233 e. The summed E-state index contributed by atoms with van der Waals surface area (Å²) in [4.78, 5) is 1.66. The predicted octanol–water partition coefficient (Wildman–Crippen LogP) is -1.62. The fourth-order valence-corrected chi connectivity index (χ4v) is 1.10. The van der Waals surface area contributed by atoms with E-state index < -0.39 is 0 Å². The molecule has 6 heteroatoms. The molecule has 0 aromatic carbocycles. The van der Waals surface area contributed by atoms with Crippen LogP contribution in [-0.2, 0) is 4.74 Å². The lowest BCUT2D eigenvalue weighted by Gasteiger charge is -2.31. The van der Waals surface area contributed by atoms with Gasteiger partial charge in [0.05, 0.1) is 19.3 Å². The van der Waals surface area contributed by atoms with E-state index in [0.29, 0.717) is 19.7 Å². The van der Waals surface area contributed by atoms with Crippen LogP contribution in [0.25, 0.3) is 0 Å². The predicted molar refractivity (Wildman–Crippen MR) is 41.8 cm³/mol. The van der Waals surface area contributed by atoms with Crippen LogP contribution in [-0.4, -0.2) is 53.6 Å². The number of ether oxygens (including phenoxy) is 1. The monoisotopic (exact) mass is 175 g/mol. The van der Waals surface area contributed by atoms with Crippen LogP contribution in [0, 0.1) is 0 Å². The van der Waals surface area contributed by atoms with Gasteiger partial charge in [0.2, 0.25) is 5.96 Å². The molecule has 1 atom stereocenters. The van der Waals surface area contributed by atoms with Crippen LogP contribution in [0.1, 0.15) is 0 Å². The molecule has 12 heavy (non-hydrogen) atoms. The Hall–Kier alpha value is -1.01. The molecule has 1 aliphatic heterocycles. The first-order valence-corrected chi connectivity index (χ1v) is 3.73. The summed E-state index contributed by atoms with van der Waals surface area (Å²) < 4.78 is 5.17. The van der Waals surface area contributed by atoms with Crippen LogP contribution in [0.2, 0.25) is 0 Å². The van der Waals surface area contributed by atoms with Crippen molar-refractivity contribution in [2.24, 2.45) is 10.9 Å². The Bertz CT molecular complexity index is 173. The SMILES string of the molecule is NC(=NO)N1CCOC(CO)C1. The molecule has 0 aromatic heterocycles. The molecule has 0 spiro atoms. The highest BCUT2D eigenvalue weighted by Gasteiger charge is 2.20. The van der Waals surface area contributed by atoms with Crippen molar-refractivity contribution in [3.8, 4) is 0 Å². The lowest BCUT2D eigenvalue weighted by Crippen LogP contribution is -2.49. The summed E-state index contributed by atoms with van der Waals surface area (Å²) in [6.45, 7) is 1.50. The van der Waals surface area contributed by atoms with Gasteiger partial charge in [-0.2, -0.15) is 0 Å². The third-order valence-electron chi connectivity index (χ3n) is 1.77. The van der Waals surface area contributed by atoms with Crippen molar-refractivity contribution in [2.45, 2.75) is 6.10 Å². The minimum Gasteiger partial charge on any atom is -0.408 e. The summed E-state index contributed by atoms with van der Waals surface area (Å²) in [6.07, 6.45) is -0.237. The van der Waals surface area contributed by atoms with E-state index in [0.717, 1.165) is 0 Å². The maximum atomic E-state index is 8.77. The lowest BCUT2D eigenvalue weighted by atomic mass is 10.3. The Labute approximate surface area is 70.2 Å². The molecule has 6 nitrogen and oxygen atoms in total. The molecule has 1 aliphatic rings. The molecule has 1 rings (SSSR count). The summed E-state index contributed by atoms with van der Waals surface area (Å²) in [5.41, 5.74) is 5.35. The molecule has 1 heterocycles. The van der Waals surface area contributed by atoms with Crippen LogP contribution < -0.4 is 5.73 Å². The van der Waals surface area contributed by atoms with Gasteiger partial charge in [-0.1, -0.05) is 5.16 Å². The van der Waals surface area contributed by atoms with Gasteiger partial charge in [0, 0.05) is 13.1 Å². The molecule has 1 unspecified atom stereocenters. The van der Waals surface area contributed by atoms with E-state index in [1.54, 1.807) is 4.90 Å². The highest BCUT2D eigenvalue weighted by atomic mass is 16.5. The molecule has 4 N–H and O–H groups in total. The Morgan fingerprint density at radius 2 is 2.50 bits per heavy atom. The van der Waals surface area contributed by atoms with Gasteiger partial charge >= 0.3 is 0 Å². The van der Waals surface area contributed by atoms with Gasteiger partial charge in [0.15, 0.2) is 0 Å². The van der Waals surface area contributed by atoms with E-state index >= 15 is 0 Å². The number of nitrogens with two attached hydrogens (primary N) is 1. The Morgan fingerprint density at radius 1 is 1.75 bits per heavy atom. The van der Waals surface area contributed by atoms with E-state index in [1.807, 2.05) is 0 Å². The number of guanidine groups is 1. The van der Waals surface area contributed by atoms with Gasteiger partial charge in [-0.15, -0.1) is 0 Å². The van der Waals surface area contributed by atoms with Crippen molar-refractivity contribution < 1.29 is 15.1 Å². The van der Waals surface area contributed by atoms with Crippen LogP contribution in [0.4, 0.5) is 0 Å². The molecule has 1 fully saturated rings. The molecule has 0 aromatic rings. The third kappa shape index (κ3) is 1.99. The maximum absolute atomic E-state index is 8.77. The van der Waals surface area contributed by atoms with Crippen LogP contribution in [0.3, 0.4) is 0 Å². The minimum absolute atomic E-state index is 0.0464. The Balaban J connectivity index is 2.45. The van der Waals surface area contributed by atoms with Gasteiger partial charge < -0.3 is 25.7 Å². The highest BCUT2D eigenvalue weighted by molar-refractivity contribution is 5.77. The summed E-state index contributed by atoms with van der Waals surface area (Å²) in [5.74, 6) is 0.0664. The fraction of sp³-hybridized carbons (Fsp3) is 0.833. The largest absolute Gasteiger partial charge is 0.408 e. The van der Waals surface area contributed by atoms with Gasteiger partial charge in [-0.25, -0.2) is 0 Å². The van der Waals surface area contributed by atoms with Gasteiger partial charge in [0.1, 0.15) is 0 Å². The number of hydrogen-bond donors (Lipinski definition) is 3. The fourth-order valence-electron chi connectivity index (χ4n) is 1.10. The molecular weight excluding hydrogens is 162 g/mol. The topological polar surface area (TPSA) is 91.3 Å². The average Bonchev–Trinajstić information content (AvgIpc) is 2.17. The van der Waals surface area contributed by atoms with Crippen molar-refractivity contribution in [1.29, 1.82) is 0 Å². The first kappa shape index (κ1) is 9.08. The molecule has 0 bridgehead atoms. The molecule has 70 valence electrons. The summed E-state index contributed by atoms with van der Waals surface area (Å²) in [6, 6.07) is 0.